The van der Waals surface area contributed by atoms with Crippen molar-refractivity contribution in [3.8, 4) is 17.6 Å². The number of amides is 1. The van der Waals surface area contributed by atoms with Gasteiger partial charge in [-0.3, -0.25) is 4.79 Å². The molecule has 1 amide bonds. The standard InChI is InChI=1S/C12H12N2O3/c1-12(6-13,11(14)15)5-8-2-3-9-10(4-8)17-7-16-9/h2-4H,5,7H2,1H3,(H2,14,15). The van der Waals surface area contributed by atoms with E-state index in [9.17, 15) is 4.79 Å². The van der Waals surface area contributed by atoms with Crippen LogP contribution in [-0.2, 0) is 11.2 Å². The van der Waals surface area contributed by atoms with Crippen LogP contribution in [-0.4, -0.2) is 12.7 Å². The molecule has 5 nitrogen and oxygen atoms in total. The van der Waals surface area contributed by atoms with E-state index in [2.05, 4.69) is 0 Å². The Bertz CT molecular complexity index is 507. The topological polar surface area (TPSA) is 85.3 Å². The summed E-state index contributed by atoms with van der Waals surface area (Å²) in [5, 5.41) is 9.00. The molecule has 0 spiro atoms. The summed E-state index contributed by atoms with van der Waals surface area (Å²) < 4.78 is 10.4. The zero-order valence-corrected chi connectivity index (χ0v) is 9.40. The Kier molecular flexibility index (Phi) is 2.64. The van der Waals surface area contributed by atoms with E-state index < -0.39 is 11.3 Å². The number of primary amides is 1. The molecular formula is C12H12N2O3. The number of benzene rings is 1. The molecular weight excluding hydrogens is 220 g/mol. The summed E-state index contributed by atoms with van der Waals surface area (Å²) in [6.07, 6.45) is 0.259. The average molecular weight is 232 g/mol. The monoisotopic (exact) mass is 232 g/mol. The van der Waals surface area contributed by atoms with Crippen LogP contribution in [0.15, 0.2) is 18.2 Å². The van der Waals surface area contributed by atoms with Crippen molar-refractivity contribution < 1.29 is 14.3 Å². The van der Waals surface area contributed by atoms with E-state index in [4.69, 9.17) is 20.5 Å². The molecule has 0 aliphatic carbocycles. The highest BCUT2D eigenvalue weighted by Gasteiger charge is 2.31. The van der Waals surface area contributed by atoms with Gasteiger partial charge in [-0.15, -0.1) is 0 Å². The summed E-state index contributed by atoms with van der Waals surface area (Å²) in [6.45, 7) is 1.73. The molecule has 2 N–H and O–H groups in total. The lowest BCUT2D eigenvalue weighted by atomic mass is 9.84. The minimum atomic E-state index is -1.20. The fourth-order valence-electron chi connectivity index (χ4n) is 1.64. The summed E-state index contributed by atoms with van der Waals surface area (Å²) in [6, 6.07) is 7.27. The molecule has 1 aromatic carbocycles. The van der Waals surface area contributed by atoms with Crippen LogP contribution in [0.25, 0.3) is 0 Å². The van der Waals surface area contributed by atoms with Crippen molar-refractivity contribution in [1.82, 2.24) is 0 Å². The van der Waals surface area contributed by atoms with E-state index in [1.165, 1.54) is 6.92 Å². The lowest BCUT2D eigenvalue weighted by molar-refractivity contribution is -0.124. The largest absolute Gasteiger partial charge is 0.454 e. The molecule has 1 aliphatic heterocycles. The number of carbonyl (C=O) groups is 1. The van der Waals surface area contributed by atoms with E-state index in [-0.39, 0.29) is 13.2 Å². The molecule has 1 aliphatic rings. The van der Waals surface area contributed by atoms with Gasteiger partial charge in [-0.1, -0.05) is 6.07 Å². The number of hydrogen-bond donors (Lipinski definition) is 1. The van der Waals surface area contributed by atoms with Gasteiger partial charge in [-0.2, -0.15) is 5.26 Å². The van der Waals surface area contributed by atoms with Crippen LogP contribution in [0.3, 0.4) is 0 Å². The minimum absolute atomic E-state index is 0.199. The molecule has 0 aromatic heterocycles. The highest BCUT2D eigenvalue weighted by Crippen LogP contribution is 2.34. The second-order valence-corrected chi connectivity index (χ2v) is 4.17. The highest BCUT2D eigenvalue weighted by molar-refractivity contribution is 5.83. The molecule has 17 heavy (non-hydrogen) atoms. The Morgan fingerprint density at radius 2 is 2.24 bits per heavy atom. The van der Waals surface area contributed by atoms with E-state index in [1.807, 2.05) is 6.07 Å². The van der Waals surface area contributed by atoms with Crippen molar-refractivity contribution in [3.05, 3.63) is 23.8 Å². The van der Waals surface area contributed by atoms with Gasteiger partial charge in [0, 0.05) is 0 Å². The first-order chi connectivity index (χ1) is 8.05. The van der Waals surface area contributed by atoms with Gasteiger partial charge in [0.25, 0.3) is 0 Å². The molecule has 88 valence electrons. The van der Waals surface area contributed by atoms with Crippen molar-refractivity contribution >= 4 is 5.91 Å². The first kappa shape index (κ1) is 11.3. The first-order valence-corrected chi connectivity index (χ1v) is 5.15. The maximum absolute atomic E-state index is 11.2. The second-order valence-electron chi connectivity index (χ2n) is 4.17. The Hall–Kier alpha value is -2.22. The van der Waals surface area contributed by atoms with E-state index >= 15 is 0 Å². The lowest BCUT2D eigenvalue weighted by Gasteiger charge is -2.17. The van der Waals surface area contributed by atoms with Gasteiger partial charge in [0.1, 0.15) is 5.41 Å². The molecule has 5 heteroatoms. The molecule has 2 rings (SSSR count). The molecule has 1 aromatic rings. The minimum Gasteiger partial charge on any atom is -0.454 e. The van der Waals surface area contributed by atoms with Gasteiger partial charge in [0.2, 0.25) is 12.7 Å². The van der Waals surface area contributed by atoms with Crippen molar-refractivity contribution in [2.24, 2.45) is 11.1 Å². The second kappa shape index (κ2) is 3.98. The van der Waals surface area contributed by atoms with Gasteiger partial charge in [-0.25, -0.2) is 0 Å². The van der Waals surface area contributed by atoms with Crippen molar-refractivity contribution in [2.75, 3.05) is 6.79 Å². The van der Waals surface area contributed by atoms with Crippen LogP contribution < -0.4 is 15.2 Å². The van der Waals surface area contributed by atoms with Crippen LogP contribution in [0, 0.1) is 16.7 Å². The SMILES string of the molecule is CC(C#N)(Cc1ccc2c(c1)OCO2)C(N)=O. The maximum atomic E-state index is 11.2. The molecule has 1 heterocycles. The quantitative estimate of drug-likeness (QED) is 0.841. The van der Waals surface area contributed by atoms with Crippen LogP contribution >= 0.6 is 0 Å². The molecule has 0 fully saturated rings. The van der Waals surface area contributed by atoms with Crippen molar-refractivity contribution in [1.29, 1.82) is 5.26 Å². The fourth-order valence-corrected chi connectivity index (χ4v) is 1.64. The van der Waals surface area contributed by atoms with Gasteiger partial charge in [0.15, 0.2) is 11.5 Å². The number of rotatable bonds is 3. The van der Waals surface area contributed by atoms with Crippen molar-refractivity contribution in [2.45, 2.75) is 13.3 Å². The van der Waals surface area contributed by atoms with Crippen LogP contribution in [0.2, 0.25) is 0 Å². The van der Waals surface area contributed by atoms with Crippen LogP contribution in [0.1, 0.15) is 12.5 Å². The van der Waals surface area contributed by atoms with Crippen LogP contribution in [0.4, 0.5) is 0 Å². The Balaban J connectivity index is 2.25. The fraction of sp³-hybridized carbons (Fsp3) is 0.333. The summed E-state index contributed by atoms with van der Waals surface area (Å²) in [4.78, 5) is 11.2. The number of hydrogen-bond acceptors (Lipinski definition) is 4. The lowest BCUT2D eigenvalue weighted by Crippen LogP contribution is -2.34. The van der Waals surface area contributed by atoms with Gasteiger partial charge in [-0.05, 0) is 31.0 Å². The number of nitrogens with two attached hydrogens (primary N) is 1. The summed E-state index contributed by atoms with van der Waals surface area (Å²) in [7, 11) is 0. The molecule has 0 saturated heterocycles. The molecule has 1 atom stereocenters. The average Bonchev–Trinajstić information content (AvgIpc) is 2.75. The number of nitriles is 1. The number of carbonyl (C=O) groups excluding carboxylic acids is 1. The zero-order chi connectivity index (χ0) is 12.5. The summed E-state index contributed by atoms with van der Waals surface area (Å²) in [5.74, 6) is 0.677. The van der Waals surface area contributed by atoms with Crippen molar-refractivity contribution in [3.63, 3.8) is 0 Å². The molecule has 1 unspecified atom stereocenters. The van der Waals surface area contributed by atoms with E-state index in [1.54, 1.807) is 18.2 Å². The summed E-state index contributed by atoms with van der Waals surface area (Å²) >= 11 is 0. The normalized spacial score (nSPS) is 16.0. The van der Waals surface area contributed by atoms with Crippen LogP contribution in [0.5, 0.6) is 11.5 Å². The molecule has 0 radical (unpaired) electrons. The number of nitrogens with zero attached hydrogens (tertiary/aromatic N) is 1. The van der Waals surface area contributed by atoms with Gasteiger partial charge in [0.05, 0.1) is 6.07 Å². The van der Waals surface area contributed by atoms with Gasteiger partial charge >= 0.3 is 0 Å². The zero-order valence-electron chi connectivity index (χ0n) is 9.40. The van der Waals surface area contributed by atoms with E-state index in [0.717, 1.165) is 5.56 Å². The molecule has 0 saturated carbocycles. The smallest absolute Gasteiger partial charge is 0.237 e. The Morgan fingerprint density at radius 1 is 1.53 bits per heavy atom. The maximum Gasteiger partial charge on any atom is 0.237 e. The third-order valence-electron chi connectivity index (χ3n) is 2.79. The van der Waals surface area contributed by atoms with E-state index in [0.29, 0.717) is 11.5 Å². The third kappa shape index (κ3) is 2.02. The molecule has 0 bridgehead atoms. The Labute approximate surface area is 98.7 Å². The predicted octanol–water partition coefficient (Wildman–Crippen LogP) is 0.973. The number of fused-ring (bicyclic) bond motifs is 1. The highest BCUT2D eigenvalue weighted by atomic mass is 16.7. The third-order valence-corrected chi connectivity index (χ3v) is 2.79. The number of ether oxygens (including phenoxy) is 2. The first-order valence-electron chi connectivity index (χ1n) is 5.15. The van der Waals surface area contributed by atoms with Gasteiger partial charge < -0.3 is 15.2 Å². The predicted molar refractivity (Wildman–Crippen MR) is 59.2 cm³/mol. The summed E-state index contributed by atoms with van der Waals surface area (Å²) in [5.41, 5.74) is 4.84. The Morgan fingerprint density at radius 3 is 2.88 bits per heavy atom.